The molecular weight excluding hydrogens is 188 g/mol. The zero-order chi connectivity index (χ0) is 10.5. The van der Waals surface area contributed by atoms with E-state index in [4.69, 9.17) is 4.74 Å². The Balaban J connectivity index is 1.38. The lowest BCUT2D eigenvalue weighted by Gasteiger charge is -2.12. The van der Waals surface area contributed by atoms with Crippen LogP contribution in [0.25, 0.3) is 0 Å². The van der Waals surface area contributed by atoms with Crippen LogP contribution in [0.5, 0.6) is 0 Å². The lowest BCUT2D eigenvalue weighted by molar-refractivity contribution is 0.121. The average Bonchev–Trinajstić information content (AvgIpc) is 2.95. The minimum absolute atomic E-state index is 0.721. The van der Waals surface area contributed by atoms with E-state index in [9.17, 15) is 0 Å². The van der Waals surface area contributed by atoms with Gasteiger partial charge >= 0.3 is 0 Å². The van der Waals surface area contributed by atoms with Gasteiger partial charge in [0, 0.05) is 25.8 Å². The minimum atomic E-state index is 0.721. The highest BCUT2D eigenvalue weighted by Gasteiger charge is 2.21. The third-order valence-corrected chi connectivity index (χ3v) is 3.34. The zero-order valence-corrected chi connectivity index (χ0v) is 9.87. The summed E-state index contributed by atoms with van der Waals surface area (Å²) in [5, 5.41) is 3.59. The molecule has 2 aliphatic rings. The van der Waals surface area contributed by atoms with Crippen molar-refractivity contribution in [2.45, 2.75) is 31.7 Å². The smallest absolute Gasteiger partial charge is 0.0494 e. The minimum Gasteiger partial charge on any atom is -0.381 e. The molecule has 1 saturated heterocycles. The summed E-state index contributed by atoms with van der Waals surface area (Å²) in [6.45, 7) is 5.51. The van der Waals surface area contributed by atoms with E-state index in [0.29, 0.717) is 0 Å². The summed E-state index contributed by atoms with van der Waals surface area (Å²) in [4.78, 5) is 2.39. The van der Waals surface area contributed by atoms with Gasteiger partial charge in [-0.2, -0.15) is 0 Å². The van der Waals surface area contributed by atoms with Crippen molar-refractivity contribution in [1.82, 2.24) is 10.2 Å². The van der Waals surface area contributed by atoms with Gasteiger partial charge in [0.25, 0.3) is 0 Å². The largest absolute Gasteiger partial charge is 0.381 e. The number of nitrogens with one attached hydrogen (secondary N) is 1. The number of likely N-dealkylation sites (tertiary alicyclic amines) is 1. The van der Waals surface area contributed by atoms with E-state index in [2.05, 4.69) is 17.3 Å². The van der Waals surface area contributed by atoms with Crippen molar-refractivity contribution in [3.63, 3.8) is 0 Å². The Hall–Kier alpha value is -0.120. The summed E-state index contributed by atoms with van der Waals surface area (Å²) in [5.41, 5.74) is 0. The first-order valence-electron chi connectivity index (χ1n) is 6.34. The van der Waals surface area contributed by atoms with Crippen molar-refractivity contribution in [3.8, 4) is 0 Å². The fourth-order valence-electron chi connectivity index (χ4n) is 2.12. The van der Waals surface area contributed by atoms with Gasteiger partial charge in [-0.1, -0.05) is 0 Å². The lowest BCUT2D eigenvalue weighted by atomic mass is 10.2. The van der Waals surface area contributed by atoms with Crippen molar-refractivity contribution in [2.75, 3.05) is 39.9 Å². The van der Waals surface area contributed by atoms with Gasteiger partial charge in [0.05, 0.1) is 0 Å². The topological polar surface area (TPSA) is 24.5 Å². The van der Waals surface area contributed by atoms with Gasteiger partial charge in [-0.3, -0.25) is 0 Å². The van der Waals surface area contributed by atoms with Crippen LogP contribution in [0.15, 0.2) is 0 Å². The molecule has 2 fully saturated rings. The molecule has 1 saturated carbocycles. The van der Waals surface area contributed by atoms with Crippen LogP contribution in [0.4, 0.5) is 0 Å². The highest BCUT2D eigenvalue weighted by molar-refractivity contribution is 4.78. The number of hydrogen-bond donors (Lipinski definition) is 1. The third-order valence-electron chi connectivity index (χ3n) is 3.34. The van der Waals surface area contributed by atoms with Crippen LogP contribution in [0, 0.1) is 5.92 Å². The fourth-order valence-corrected chi connectivity index (χ4v) is 2.12. The summed E-state index contributed by atoms with van der Waals surface area (Å²) >= 11 is 0. The highest BCUT2D eigenvalue weighted by atomic mass is 16.5. The Morgan fingerprint density at radius 1 is 1.33 bits per heavy atom. The van der Waals surface area contributed by atoms with Crippen LogP contribution < -0.4 is 5.32 Å². The number of rotatable bonds is 7. The van der Waals surface area contributed by atoms with Gasteiger partial charge in [0.15, 0.2) is 0 Å². The molecule has 0 aromatic rings. The summed E-state index contributed by atoms with van der Waals surface area (Å²) in [5.74, 6) is 0.904. The molecule has 1 unspecified atom stereocenters. The molecule has 1 heterocycles. The molecule has 1 aliphatic carbocycles. The highest BCUT2D eigenvalue weighted by Crippen LogP contribution is 2.28. The SMILES string of the molecule is CN1CCC(NCCCOCC2CC2)C1. The first-order chi connectivity index (χ1) is 7.34. The van der Waals surface area contributed by atoms with Crippen LogP contribution in [0.1, 0.15) is 25.7 Å². The predicted molar refractivity (Wildman–Crippen MR) is 62.1 cm³/mol. The summed E-state index contributed by atoms with van der Waals surface area (Å²) in [6, 6.07) is 0.721. The molecule has 0 amide bonds. The number of ether oxygens (including phenoxy) is 1. The fraction of sp³-hybridized carbons (Fsp3) is 1.00. The summed E-state index contributed by atoms with van der Waals surface area (Å²) < 4.78 is 5.59. The lowest BCUT2D eigenvalue weighted by Crippen LogP contribution is -2.32. The van der Waals surface area contributed by atoms with Gasteiger partial charge in [0.2, 0.25) is 0 Å². The Morgan fingerprint density at radius 3 is 2.87 bits per heavy atom. The Bertz CT molecular complexity index is 182. The van der Waals surface area contributed by atoms with E-state index < -0.39 is 0 Å². The van der Waals surface area contributed by atoms with Gasteiger partial charge in [0.1, 0.15) is 0 Å². The monoisotopic (exact) mass is 212 g/mol. The maximum Gasteiger partial charge on any atom is 0.0494 e. The second-order valence-corrected chi connectivity index (χ2v) is 5.07. The molecule has 0 bridgehead atoms. The van der Waals surface area contributed by atoms with E-state index in [1.165, 1.54) is 32.4 Å². The first-order valence-corrected chi connectivity index (χ1v) is 6.34. The Morgan fingerprint density at radius 2 is 2.20 bits per heavy atom. The molecule has 1 atom stereocenters. The summed E-state index contributed by atoms with van der Waals surface area (Å²) in [6.07, 6.45) is 5.26. The Kier molecular flexibility index (Phi) is 4.42. The standard InChI is InChI=1S/C12H24N2O/c1-14-7-5-12(9-14)13-6-2-8-15-10-11-3-4-11/h11-13H,2-10H2,1H3. The molecular formula is C12H24N2O. The van der Waals surface area contributed by atoms with Crippen molar-refractivity contribution < 1.29 is 4.74 Å². The zero-order valence-electron chi connectivity index (χ0n) is 9.87. The van der Waals surface area contributed by atoms with Crippen LogP contribution in [-0.2, 0) is 4.74 Å². The number of hydrogen-bond acceptors (Lipinski definition) is 3. The van der Waals surface area contributed by atoms with E-state index in [1.54, 1.807) is 0 Å². The van der Waals surface area contributed by atoms with E-state index in [-0.39, 0.29) is 0 Å². The van der Waals surface area contributed by atoms with E-state index >= 15 is 0 Å². The molecule has 0 spiro atoms. The molecule has 0 aromatic heterocycles. The maximum atomic E-state index is 5.59. The van der Waals surface area contributed by atoms with Crippen LogP contribution in [0.2, 0.25) is 0 Å². The molecule has 0 radical (unpaired) electrons. The van der Waals surface area contributed by atoms with Crippen LogP contribution in [0.3, 0.4) is 0 Å². The normalized spacial score (nSPS) is 27.4. The van der Waals surface area contributed by atoms with Crippen LogP contribution in [-0.4, -0.2) is 50.8 Å². The maximum absolute atomic E-state index is 5.59. The molecule has 88 valence electrons. The first kappa shape index (κ1) is 11.4. The molecule has 1 N–H and O–H groups in total. The van der Waals surface area contributed by atoms with Crippen molar-refractivity contribution in [2.24, 2.45) is 5.92 Å². The molecule has 3 heteroatoms. The molecule has 3 nitrogen and oxygen atoms in total. The van der Waals surface area contributed by atoms with Crippen molar-refractivity contribution in [3.05, 3.63) is 0 Å². The van der Waals surface area contributed by atoms with E-state index in [1.807, 2.05) is 0 Å². The molecule has 1 aliphatic heterocycles. The molecule has 0 aromatic carbocycles. The second kappa shape index (κ2) is 5.83. The third kappa shape index (κ3) is 4.49. The molecule has 15 heavy (non-hydrogen) atoms. The van der Waals surface area contributed by atoms with Gasteiger partial charge < -0.3 is 15.0 Å². The van der Waals surface area contributed by atoms with Gasteiger partial charge in [-0.15, -0.1) is 0 Å². The average molecular weight is 212 g/mol. The predicted octanol–water partition coefficient (Wildman–Crippen LogP) is 1.10. The number of nitrogens with zero attached hydrogens (tertiary/aromatic N) is 1. The number of likely N-dealkylation sites (N-methyl/N-ethyl adjacent to an activating group) is 1. The van der Waals surface area contributed by atoms with Crippen molar-refractivity contribution >= 4 is 0 Å². The van der Waals surface area contributed by atoms with Gasteiger partial charge in [-0.05, 0) is 51.7 Å². The summed E-state index contributed by atoms with van der Waals surface area (Å²) in [7, 11) is 2.19. The van der Waals surface area contributed by atoms with Crippen molar-refractivity contribution in [1.29, 1.82) is 0 Å². The van der Waals surface area contributed by atoms with Crippen LogP contribution >= 0.6 is 0 Å². The Labute approximate surface area is 93.2 Å². The van der Waals surface area contributed by atoms with Gasteiger partial charge in [-0.25, -0.2) is 0 Å². The van der Waals surface area contributed by atoms with E-state index in [0.717, 1.165) is 38.1 Å². The quantitative estimate of drug-likeness (QED) is 0.640. The second-order valence-electron chi connectivity index (χ2n) is 5.07. The molecule has 2 rings (SSSR count).